The van der Waals surface area contributed by atoms with Crippen LogP contribution in [0.4, 0.5) is 10.1 Å². The summed E-state index contributed by atoms with van der Waals surface area (Å²) in [6.45, 7) is 1.06. The summed E-state index contributed by atoms with van der Waals surface area (Å²) in [5.74, 6) is 5.29. The van der Waals surface area contributed by atoms with Gasteiger partial charge in [0.05, 0.1) is 30.6 Å². The second-order valence-corrected chi connectivity index (χ2v) is 8.50. The van der Waals surface area contributed by atoms with Crippen molar-refractivity contribution in [2.45, 2.75) is 31.2 Å². The number of pyridine rings is 2. The Hall–Kier alpha value is -3.40. The van der Waals surface area contributed by atoms with Gasteiger partial charge in [-0.3, -0.25) is 14.2 Å². The number of ether oxygens (including phenoxy) is 1. The number of nitrogens with zero attached hydrogens (tertiary/aromatic N) is 4. The number of nitrogen functional groups attached to an aromatic ring is 1. The zero-order valence-electron chi connectivity index (χ0n) is 17.7. The molecule has 32 heavy (non-hydrogen) atoms. The molecule has 1 aliphatic carbocycles. The average molecular weight is 440 g/mol. The van der Waals surface area contributed by atoms with Crippen molar-refractivity contribution in [2.75, 3.05) is 30.9 Å². The third-order valence-electron chi connectivity index (χ3n) is 6.52. The van der Waals surface area contributed by atoms with Crippen molar-refractivity contribution in [1.82, 2.24) is 14.1 Å². The van der Waals surface area contributed by atoms with Crippen molar-refractivity contribution in [2.24, 2.45) is 11.7 Å². The highest BCUT2D eigenvalue weighted by Crippen LogP contribution is 2.45. The maximum atomic E-state index is 15.4. The molecule has 1 aliphatic heterocycles. The molecule has 9 nitrogen and oxygen atoms in total. The van der Waals surface area contributed by atoms with Crippen LogP contribution in [0.3, 0.4) is 0 Å². The lowest BCUT2D eigenvalue weighted by Gasteiger charge is -2.25. The topological polar surface area (TPSA) is 121 Å². The molecule has 168 valence electrons. The van der Waals surface area contributed by atoms with Crippen LogP contribution in [0, 0.1) is 11.7 Å². The highest BCUT2D eigenvalue weighted by Gasteiger charge is 2.36. The molecule has 2 unspecified atom stereocenters. The van der Waals surface area contributed by atoms with Crippen LogP contribution in [0.15, 0.2) is 40.2 Å². The fourth-order valence-corrected chi connectivity index (χ4v) is 4.73. The second kappa shape index (κ2) is 7.63. The molecule has 3 aromatic rings. The van der Waals surface area contributed by atoms with E-state index in [-0.39, 0.29) is 29.3 Å². The van der Waals surface area contributed by atoms with Gasteiger partial charge in [-0.2, -0.15) is 4.68 Å². The molecule has 3 aromatic heterocycles. The number of anilines is 1. The predicted octanol–water partition coefficient (Wildman–Crippen LogP) is 1.12. The maximum Gasteiger partial charge on any atom is 0.354 e. The van der Waals surface area contributed by atoms with E-state index in [1.165, 1.54) is 7.11 Å². The summed E-state index contributed by atoms with van der Waals surface area (Å²) in [6, 6.07) is 5.32. The summed E-state index contributed by atoms with van der Waals surface area (Å²) in [4.78, 5) is 31.7. The van der Waals surface area contributed by atoms with Crippen LogP contribution in [0.2, 0.25) is 0 Å². The molecule has 1 saturated heterocycles. The van der Waals surface area contributed by atoms with E-state index in [0.29, 0.717) is 28.8 Å². The quantitative estimate of drug-likeness (QED) is 0.571. The molecule has 0 spiro atoms. The van der Waals surface area contributed by atoms with Crippen molar-refractivity contribution in [3.05, 3.63) is 68.5 Å². The van der Waals surface area contributed by atoms with Crippen LogP contribution in [-0.2, 0) is 0 Å². The van der Waals surface area contributed by atoms with Crippen molar-refractivity contribution < 1.29 is 9.13 Å². The van der Waals surface area contributed by atoms with E-state index < -0.39 is 17.1 Å². The highest BCUT2D eigenvalue weighted by molar-refractivity contribution is 5.78. The van der Waals surface area contributed by atoms with Crippen molar-refractivity contribution in [1.29, 1.82) is 0 Å². The van der Waals surface area contributed by atoms with Gasteiger partial charge in [-0.25, -0.2) is 9.18 Å². The molecular weight excluding hydrogens is 415 g/mol. The molecule has 2 fully saturated rings. The Labute approximate surface area is 183 Å². The summed E-state index contributed by atoms with van der Waals surface area (Å²) in [6.07, 6.45) is 5.16. The number of halogens is 1. The molecule has 0 radical (unpaired) electrons. The summed E-state index contributed by atoms with van der Waals surface area (Å²) in [5, 5.41) is 0. The van der Waals surface area contributed by atoms with E-state index in [2.05, 4.69) is 4.98 Å². The Balaban J connectivity index is 1.62. The Kier molecular flexibility index (Phi) is 4.89. The lowest BCUT2D eigenvalue weighted by atomic mass is 9.96. The molecule has 0 aromatic carbocycles. The zero-order valence-corrected chi connectivity index (χ0v) is 17.7. The number of rotatable bonds is 5. The molecular formula is C22H25FN6O3. The van der Waals surface area contributed by atoms with Gasteiger partial charge >= 0.3 is 5.69 Å². The predicted molar refractivity (Wildman–Crippen MR) is 118 cm³/mol. The molecule has 10 heteroatoms. The first kappa shape index (κ1) is 20.5. The number of nitrogens with two attached hydrogens (primary N) is 2. The minimum Gasteiger partial charge on any atom is -0.492 e. The Morgan fingerprint density at radius 3 is 2.69 bits per heavy atom. The van der Waals surface area contributed by atoms with Crippen LogP contribution in [-0.4, -0.2) is 34.3 Å². The van der Waals surface area contributed by atoms with Crippen LogP contribution in [0.1, 0.15) is 42.5 Å². The summed E-state index contributed by atoms with van der Waals surface area (Å²) in [7, 11) is 1.42. The van der Waals surface area contributed by atoms with Crippen LogP contribution in [0.5, 0.6) is 5.75 Å². The van der Waals surface area contributed by atoms with Gasteiger partial charge in [0.25, 0.3) is 5.56 Å². The van der Waals surface area contributed by atoms with E-state index in [0.717, 1.165) is 35.6 Å². The number of aromatic nitrogens is 3. The number of fused-ring (bicyclic) bond motifs is 1. The van der Waals surface area contributed by atoms with Gasteiger partial charge in [0.2, 0.25) is 0 Å². The summed E-state index contributed by atoms with van der Waals surface area (Å²) in [5.41, 5.74) is 6.79. The van der Waals surface area contributed by atoms with Gasteiger partial charge in [-0.15, -0.1) is 0 Å². The molecule has 0 bridgehead atoms. The minimum atomic E-state index is -0.811. The molecule has 2 atom stereocenters. The molecule has 5 rings (SSSR count). The maximum absolute atomic E-state index is 15.4. The van der Waals surface area contributed by atoms with E-state index in [9.17, 15) is 9.59 Å². The van der Waals surface area contributed by atoms with E-state index in [4.69, 9.17) is 16.3 Å². The number of methoxy groups -OCH3 is 1. The Morgan fingerprint density at radius 2 is 2.03 bits per heavy atom. The van der Waals surface area contributed by atoms with Crippen molar-refractivity contribution >= 4 is 11.2 Å². The van der Waals surface area contributed by atoms with Crippen molar-refractivity contribution in [3.8, 4) is 5.75 Å². The first-order valence-corrected chi connectivity index (χ1v) is 10.7. The first-order valence-electron chi connectivity index (χ1n) is 10.7. The minimum absolute atomic E-state index is 0.0241. The third kappa shape index (κ3) is 3.13. The Bertz CT molecular complexity index is 1300. The normalized spacial score (nSPS) is 19.5. The fourth-order valence-electron chi connectivity index (χ4n) is 4.73. The van der Waals surface area contributed by atoms with Gasteiger partial charge in [0.15, 0.2) is 11.6 Å². The van der Waals surface area contributed by atoms with E-state index in [1.807, 2.05) is 23.1 Å². The van der Waals surface area contributed by atoms with Gasteiger partial charge in [-0.05, 0) is 43.2 Å². The summed E-state index contributed by atoms with van der Waals surface area (Å²) < 4.78 is 22.6. The van der Waals surface area contributed by atoms with E-state index in [1.54, 1.807) is 6.20 Å². The van der Waals surface area contributed by atoms with Gasteiger partial charge < -0.3 is 21.2 Å². The monoisotopic (exact) mass is 440 g/mol. The number of hydrogen-bond donors (Lipinski definition) is 2. The largest absolute Gasteiger partial charge is 0.492 e. The highest BCUT2D eigenvalue weighted by atomic mass is 19.1. The SMILES string of the molecule is COc1c(N2CCC(C(N)c3ccccn3)C2)c(F)cn2c(=O)n(N)c(=O)c(C3CC3)c12. The number of hydrogen-bond acceptors (Lipinski definition) is 7. The standard InChI is InChI=1S/C22H25FN6O3/c1-32-20-18(27-9-7-13(10-27)17(24)15-4-2-3-8-26-15)14(23)11-28-19(20)16(12-5-6-12)21(30)29(25)22(28)31/h2-4,8,11-13,17H,5-7,9-10,24-25H2,1H3. The van der Waals surface area contributed by atoms with Crippen LogP contribution >= 0.6 is 0 Å². The second-order valence-electron chi connectivity index (χ2n) is 8.50. The van der Waals surface area contributed by atoms with Crippen LogP contribution < -0.4 is 32.5 Å². The fraction of sp³-hybridized carbons (Fsp3) is 0.409. The average Bonchev–Trinajstić information content (AvgIpc) is 3.53. The zero-order chi connectivity index (χ0) is 22.6. The Morgan fingerprint density at radius 1 is 1.25 bits per heavy atom. The molecule has 4 N–H and O–H groups in total. The van der Waals surface area contributed by atoms with Crippen molar-refractivity contribution in [3.63, 3.8) is 0 Å². The van der Waals surface area contributed by atoms with E-state index >= 15 is 4.39 Å². The van der Waals surface area contributed by atoms with Gasteiger partial charge in [0, 0.05) is 19.3 Å². The van der Waals surface area contributed by atoms with Crippen LogP contribution in [0.25, 0.3) is 5.52 Å². The molecule has 1 saturated carbocycles. The molecule has 0 amide bonds. The smallest absolute Gasteiger partial charge is 0.354 e. The van der Waals surface area contributed by atoms with Gasteiger partial charge in [0.1, 0.15) is 11.2 Å². The first-order chi connectivity index (χ1) is 15.4. The third-order valence-corrected chi connectivity index (χ3v) is 6.52. The molecule has 2 aliphatic rings. The van der Waals surface area contributed by atoms with Gasteiger partial charge in [-0.1, -0.05) is 6.07 Å². The lowest BCUT2D eigenvalue weighted by molar-refractivity contribution is 0.411. The molecule has 4 heterocycles. The lowest BCUT2D eigenvalue weighted by Crippen LogP contribution is -2.44. The summed E-state index contributed by atoms with van der Waals surface area (Å²) >= 11 is 0.